The van der Waals surface area contributed by atoms with Crippen LogP contribution in [0.4, 0.5) is 0 Å². The monoisotopic (exact) mass is 421 g/mol. The number of carbonyl (C=O) groups excluding carboxylic acids is 1. The highest BCUT2D eigenvalue weighted by molar-refractivity contribution is 5.94. The summed E-state index contributed by atoms with van der Waals surface area (Å²) in [5.41, 5.74) is 3.48. The van der Waals surface area contributed by atoms with Gasteiger partial charge in [-0.3, -0.25) is 9.59 Å². The van der Waals surface area contributed by atoms with Crippen LogP contribution >= 0.6 is 0 Å². The van der Waals surface area contributed by atoms with Gasteiger partial charge in [0.2, 0.25) is 0 Å². The highest BCUT2D eigenvalue weighted by Crippen LogP contribution is 2.22. The van der Waals surface area contributed by atoms with Crippen LogP contribution in [-0.2, 0) is 11.3 Å². The molecule has 162 valence electrons. The Balaban J connectivity index is 1.53. The summed E-state index contributed by atoms with van der Waals surface area (Å²) in [6.45, 7) is 2.86. The fraction of sp³-hybridized carbons (Fsp3) is 0.280. The summed E-state index contributed by atoms with van der Waals surface area (Å²) >= 11 is 0. The lowest BCUT2D eigenvalue weighted by molar-refractivity contribution is -0.137. The van der Waals surface area contributed by atoms with Crippen molar-refractivity contribution in [2.24, 2.45) is 0 Å². The molecular formula is C25H27NO5. The molecule has 6 heteroatoms. The number of amides is 1. The van der Waals surface area contributed by atoms with E-state index in [1.165, 1.54) is 0 Å². The first kappa shape index (κ1) is 22.2. The van der Waals surface area contributed by atoms with Gasteiger partial charge in [0, 0.05) is 29.7 Å². The number of nitrogens with one attached hydrogen (secondary N) is 1. The summed E-state index contributed by atoms with van der Waals surface area (Å²) in [6, 6.07) is 16.9. The van der Waals surface area contributed by atoms with Crippen molar-refractivity contribution < 1.29 is 23.8 Å². The fourth-order valence-electron chi connectivity index (χ4n) is 3.23. The predicted octanol–water partition coefficient (Wildman–Crippen LogP) is 5.21. The lowest BCUT2D eigenvalue weighted by atomic mass is 10.1. The van der Waals surface area contributed by atoms with Gasteiger partial charge in [-0.1, -0.05) is 29.8 Å². The maximum Gasteiger partial charge on any atom is 0.303 e. The minimum atomic E-state index is -0.770. The molecule has 0 aliphatic carbocycles. The molecule has 31 heavy (non-hydrogen) atoms. The van der Waals surface area contributed by atoms with Crippen LogP contribution in [0.2, 0.25) is 0 Å². The minimum Gasteiger partial charge on any atom is -0.493 e. The molecule has 3 aromatic rings. The maximum atomic E-state index is 12.6. The van der Waals surface area contributed by atoms with Gasteiger partial charge in [0.05, 0.1) is 12.9 Å². The molecule has 2 aromatic carbocycles. The van der Waals surface area contributed by atoms with Crippen LogP contribution < -0.4 is 10.1 Å². The number of hydrogen-bond donors (Lipinski definition) is 2. The van der Waals surface area contributed by atoms with Crippen LogP contribution in [0.1, 0.15) is 47.2 Å². The van der Waals surface area contributed by atoms with Crippen LogP contribution in [0.3, 0.4) is 0 Å². The Kier molecular flexibility index (Phi) is 7.87. The second-order valence-corrected chi connectivity index (χ2v) is 7.40. The van der Waals surface area contributed by atoms with E-state index in [0.29, 0.717) is 25.1 Å². The molecule has 0 aliphatic heterocycles. The molecule has 6 nitrogen and oxygen atoms in total. The van der Waals surface area contributed by atoms with Gasteiger partial charge in [0.15, 0.2) is 0 Å². The summed E-state index contributed by atoms with van der Waals surface area (Å²) in [6.07, 6.45) is 4.04. The highest BCUT2D eigenvalue weighted by atomic mass is 16.5. The van der Waals surface area contributed by atoms with Crippen molar-refractivity contribution in [1.29, 1.82) is 0 Å². The van der Waals surface area contributed by atoms with E-state index in [1.54, 1.807) is 18.4 Å². The molecule has 3 rings (SSSR count). The molecule has 2 N–H and O–H groups in total. The number of benzene rings is 2. The van der Waals surface area contributed by atoms with Gasteiger partial charge in [-0.25, -0.2) is 0 Å². The first-order valence-electron chi connectivity index (χ1n) is 10.4. The van der Waals surface area contributed by atoms with Crippen LogP contribution in [0.25, 0.3) is 11.3 Å². The quantitative estimate of drug-likeness (QED) is 0.415. The maximum absolute atomic E-state index is 12.6. The van der Waals surface area contributed by atoms with Gasteiger partial charge in [-0.2, -0.15) is 0 Å². The van der Waals surface area contributed by atoms with Gasteiger partial charge in [-0.15, -0.1) is 0 Å². The second kappa shape index (κ2) is 11.0. The standard InChI is InChI=1S/C25H27NO5/c1-18-8-13-23(30-14-4-2-3-7-24(27)28)21(16-18)17-26-25(29)20-11-9-19(10-12-20)22-6-5-15-31-22/h5-6,8-13,15-16H,2-4,7,14,17H2,1H3,(H,26,29)(H,27,28). The Morgan fingerprint density at radius 1 is 1.03 bits per heavy atom. The minimum absolute atomic E-state index is 0.160. The normalized spacial score (nSPS) is 10.6. The Morgan fingerprint density at radius 2 is 1.84 bits per heavy atom. The number of carbonyl (C=O) groups is 2. The summed E-state index contributed by atoms with van der Waals surface area (Å²) in [7, 11) is 0. The fourth-order valence-corrected chi connectivity index (χ4v) is 3.23. The zero-order valence-electron chi connectivity index (χ0n) is 17.6. The van der Waals surface area contributed by atoms with Gasteiger partial charge in [0.1, 0.15) is 11.5 Å². The summed E-state index contributed by atoms with van der Waals surface area (Å²) in [5.74, 6) is 0.564. The third-order valence-electron chi connectivity index (χ3n) is 4.90. The Bertz CT molecular complexity index is 993. The van der Waals surface area contributed by atoms with Gasteiger partial charge >= 0.3 is 5.97 Å². The zero-order valence-corrected chi connectivity index (χ0v) is 17.6. The van der Waals surface area contributed by atoms with E-state index >= 15 is 0 Å². The molecule has 0 atom stereocenters. The molecule has 0 radical (unpaired) electrons. The lowest BCUT2D eigenvalue weighted by Crippen LogP contribution is -2.23. The Morgan fingerprint density at radius 3 is 2.55 bits per heavy atom. The number of carboxylic acid groups (broad SMARTS) is 1. The summed E-state index contributed by atoms with van der Waals surface area (Å²) in [4.78, 5) is 23.1. The third-order valence-corrected chi connectivity index (χ3v) is 4.90. The number of furan rings is 1. The summed E-state index contributed by atoms with van der Waals surface area (Å²) < 4.78 is 11.3. The van der Waals surface area contributed by atoms with Crippen molar-refractivity contribution in [2.45, 2.75) is 39.2 Å². The Labute approximate surface area is 181 Å². The largest absolute Gasteiger partial charge is 0.493 e. The van der Waals surface area contributed by atoms with Gasteiger partial charge in [-0.05, 0) is 56.5 Å². The number of unbranched alkanes of at least 4 members (excludes halogenated alkanes) is 2. The van der Waals surface area contributed by atoms with Gasteiger partial charge in [0.25, 0.3) is 5.91 Å². The van der Waals surface area contributed by atoms with Crippen LogP contribution in [0, 0.1) is 6.92 Å². The van der Waals surface area contributed by atoms with Crippen LogP contribution in [-0.4, -0.2) is 23.6 Å². The number of rotatable bonds is 11. The third kappa shape index (κ3) is 6.74. The molecule has 1 amide bonds. The molecule has 0 fully saturated rings. The van der Waals surface area contributed by atoms with Gasteiger partial charge < -0.3 is 19.6 Å². The molecule has 0 saturated heterocycles. The topological polar surface area (TPSA) is 88.8 Å². The first-order valence-corrected chi connectivity index (χ1v) is 10.4. The van der Waals surface area contributed by atoms with Crippen molar-refractivity contribution >= 4 is 11.9 Å². The molecule has 0 saturated carbocycles. The predicted molar refractivity (Wildman–Crippen MR) is 118 cm³/mol. The molecule has 0 unspecified atom stereocenters. The number of aliphatic carboxylic acids is 1. The molecular weight excluding hydrogens is 394 g/mol. The van der Waals surface area contributed by atoms with Crippen molar-refractivity contribution in [1.82, 2.24) is 5.32 Å². The smallest absolute Gasteiger partial charge is 0.303 e. The molecule has 1 aromatic heterocycles. The molecule has 1 heterocycles. The summed E-state index contributed by atoms with van der Waals surface area (Å²) in [5, 5.41) is 11.6. The molecule has 0 bridgehead atoms. The second-order valence-electron chi connectivity index (χ2n) is 7.40. The van der Waals surface area contributed by atoms with E-state index in [4.69, 9.17) is 14.3 Å². The lowest BCUT2D eigenvalue weighted by Gasteiger charge is -2.13. The van der Waals surface area contributed by atoms with Crippen LogP contribution in [0.15, 0.2) is 65.3 Å². The van der Waals surface area contributed by atoms with Crippen molar-refractivity contribution in [3.63, 3.8) is 0 Å². The average Bonchev–Trinajstić information content (AvgIpc) is 3.30. The number of ether oxygens (including phenoxy) is 1. The van der Waals surface area contributed by atoms with E-state index in [-0.39, 0.29) is 12.3 Å². The van der Waals surface area contributed by atoms with Crippen LogP contribution in [0.5, 0.6) is 5.75 Å². The van der Waals surface area contributed by atoms with E-state index in [2.05, 4.69) is 5.32 Å². The average molecular weight is 421 g/mol. The van der Waals surface area contributed by atoms with Crippen molar-refractivity contribution in [3.05, 3.63) is 77.6 Å². The Hall–Kier alpha value is -3.54. The van der Waals surface area contributed by atoms with E-state index in [0.717, 1.165) is 41.0 Å². The SMILES string of the molecule is Cc1ccc(OCCCCCC(=O)O)c(CNC(=O)c2ccc(-c3ccco3)cc2)c1. The zero-order chi connectivity index (χ0) is 22.1. The molecule has 0 aliphatic rings. The van der Waals surface area contributed by atoms with E-state index in [9.17, 15) is 9.59 Å². The highest BCUT2D eigenvalue weighted by Gasteiger charge is 2.10. The van der Waals surface area contributed by atoms with Crippen molar-refractivity contribution in [3.8, 4) is 17.1 Å². The number of carboxylic acids is 1. The van der Waals surface area contributed by atoms with Crippen molar-refractivity contribution in [2.75, 3.05) is 6.61 Å². The van der Waals surface area contributed by atoms with E-state index < -0.39 is 5.97 Å². The van der Waals surface area contributed by atoms with E-state index in [1.807, 2.05) is 49.4 Å². The molecule has 0 spiro atoms. The first-order chi connectivity index (χ1) is 15.0. The number of hydrogen-bond acceptors (Lipinski definition) is 4. The number of aryl methyl sites for hydroxylation is 1.